The number of thiazole rings is 1. The Kier molecular flexibility index (Phi) is 3.13. The predicted octanol–water partition coefficient (Wildman–Crippen LogP) is 1.82. The molecule has 5 rings (SSSR count). The Morgan fingerprint density at radius 2 is 2.28 bits per heavy atom. The molecule has 2 aromatic heterocycles. The summed E-state index contributed by atoms with van der Waals surface area (Å²) in [6.45, 7) is 0.676. The number of benzene rings is 1. The molecule has 3 heterocycles. The number of hydrogen-bond donors (Lipinski definition) is 3. The molecular formula is C17H17N5O2S. The molecule has 1 aliphatic carbocycles. The van der Waals surface area contributed by atoms with Crippen LogP contribution in [-0.2, 0) is 6.54 Å². The topological polar surface area (TPSA) is 106 Å². The highest BCUT2D eigenvalue weighted by molar-refractivity contribution is 7.16. The zero-order valence-corrected chi connectivity index (χ0v) is 14.2. The highest BCUT2D eigenvalue weighted by Crippen LogP contribution is 2.38. The summed E-state index contributed by atoms with van der Waals surface area (Å²) in [5.74, 6) is 0.449. The summed E-state index contributed by atoms with van der Waals surface area (Å²) in [7, 11) is 0. The van der Waals surface area contributed by atoms with E-state index in [9.17, 15) is 9.90 Å². The highest BCUT2D eigenvalue weighted by Gasteiger charge is 2.39. The van der Waals surface area contributed by atoms with Crippen molar-refractivity contribution in [2.24, 2.45) is 11.7 Å². The third-order valence-corrected chi connectivity index (χ3v) is 5.99. The maximum atomic E-state index is 12.2. The molecule has 1 amide bonds. The predicted molar refractivity (Wildman–Crippen MR) is 95.5 cm³/mol. The number of hydrogen-bond acceptors (Lipinski definition) is 6. The molecule has 128 valence electrons. The van der Waals surface area contributed by atoms with Crippen LogP contribution in [0.5, 0.6) is 0 Å². The van der Waals surface area contributed by atoms with Gasteiger partial charge < -0.3 is 16.2 Å². The molecule has 1 aliphatic heterocycles. The van der Waals surface area contributed by atoms with Gasteiger partial charge in [0.05, 0.1) is 27.9 Å². The minimum atomic E-state index is -0.519. The number of carbonyl (C=O) groups is 1. The number of carbonyl (C=O) groups excluding carboxylic acids is 1. The molecule has 3 atom stereocenters. The van der Waals surface area contributed by atoms with Crippen molar-refractivity contribution < 1.29 is 9.90 Å². The maximum Gasteiger partial charge on any atom is 0.254 e. The van der Waals surface area contributed by atoms with Crippen molar-refractivity contribution in [3.63, 3.8) is 0 Å². The van der Waals surface area contributed by atoms with Crippen LogP contribution >= 0.6 is 11.3 Å². The van der Waals surface area contributed by atoms with Crippen LogP contribution in [0.3, 0.4) is 0 Å². The fourth-order valence-electron chi connectivity index (χ4n) is 4.02. The average molecular weight is 355 g/mol. The molecule has 1 fully saturated rings. The van der Waals surface area contributed by atoms with Crippen LogP contribution in [-0.4, -0.2) is 37.9 Å². The Balaban J connectivity index is 1.68. The Labute approximate surface area is 147 Å². The van der Waals surface area contributed by atoms with E-state index in [2.05, 4.69) is 15.4 Å². The molecule has 0 spiro atoms. The summed E-state index contributed by atoms with van der Waals surface area (Å²) in [6, 6.07) is 5.80. The van der Waals surface area contributed by atoms with Crippen molar-refractivity contribution in [1.29, 1.82) is 0 Å². The zero-order valence-electron chi connectivity index (χ0n) is 13.3. The van der Waals surface area contributed by atoms with Crippen molar-refractivity contribution in [1.82, 2.24) is 14.8 Å². The lowest BCUT2D eigenvalue weighted by Gasteiger charge is -2.19. The van der Waals surface area contributed by atoms with Crippen LogP contribution in [0.1, 0.15) is 23.2 Å². The highest BCUT2D eigenvalue weighted by atomic mass is 32.1. The summed E-state index contributed by atoms with van der Waals surface area (Å²) in [5.41, 5.74) is 10.1. The first-order valence-electron chi connectivity index (χ1n) is 8.29. The van der Waals surface area contributed by atoms with Crippen molar-refractivity contribution in [2.75, 3.05) is 5.32 Å². The Morgan fingerprint density at radius 1 is 1.40 bits per heavy atom. The zero-order chi connectivity index (χ0) is 17.1. The number of nitrogens with one attached hydrogen (secondary N) is 1. The Hall–Kier alpha value is -2.45. The molecule has 7 nitrogen and oxygen atoms in total. The van der Waals surface area contributed by atoms with Gasteiger partial charge in [-0.15, -0.1) is 11.3 Å². The number of aliphatic hydroxyl groups is 1. The van der Waals surface area contributed by atoms with Crippen LogP contribution in [0.25, 0.3) is 21.5 Å². The van der Waals surface area contributed by atoms with Gasteiger partial charge in [-0.2, -0.15) is 5.10 Å². The molecule has 25 heavy (non-hydrogen) atoms. The quantitative estimate of drug-likeness (QED) is 0.650. The Bertz CT molecular complexity index is 994. The summed E-state index contributed by atoms with van der Waals surface area (Å²) < 4.78 is 2.92. The van der Waals surface area contributed by atoms with Crippen molar-refractivity contribution >= 4 is 33.3 Å². The summed E-state index contributed by atoms with van der Waals surface area (Å²) in [5, 5.41) is 18.2. The second-order valence-corrected chi connectivity index (χ2v) is 7.70. The fourth-order valence-corrected chi connectivity index (χ4v) is 4.68. The molecule has 8 heteroatoms. The van der Waals surface area contributed by atoms with Gasteiger partial charge in [-0.05, 0) is 30.9 Å². The third-order valence-electron chi connectivity index (χ3n) is 5.18. The monoisotopic (exact) mass is 355 g/mol. The number of primary amides is 1. The smallest absolute Gasteiger partial charge is 0.254 e. The van der Waals surface area contributed by atoms with Gasteiger partial charge in [-0.3, -0.25) is 4.79 Å². The van der Waals surface area contributed by atoms with Crippen LogP contribution < -0.4 is 11.1 Å². The number of amides is 1. The van der Waals surface area contributed by atoms with E-state index in [1.54, 1.807) is 16.8 Å². The largest absolute Gasteiger partial charge is 0.391 e. The number of aromatic nitrogens is 3. The number of nitrogens with two attached hydrogens (primary N) is 1. The van der Waals surface area contributed by atoms with Crippen molar-refractivity contribution in [3.05, 3.63) is 29.3 Å². The van der Waals surface area contributed by atoms with E-state index in [0.29, 0.717) is 29.5 Å². The first kappa shape index (κ1) is 14.9. The molecule has 2 bridgehead atoms. The molecule has 3 aromatic rings. The van der Waals surface area contributed by atoms with Crippen LogP contribution in [0.15, 0.2) is 23.7 Å². The first-order valence-corrected chi connectivity index (χ1v) is 9.17. The fraction of sp³-hybridized carbons (Fsp3) is 0.353. The molecule has 1 aromatic carbocycles. The van der Waals surface area contributed by atoms with Crippen LogP contribution in [0.4, 0.5) is 5.82 Å². The van der Waals surface area contributed by atoms with Gasteiger partial charge in [-0.25, -0.2) is 9.67 Å². The summed E-state index contributed by atoms with van der Waals surface area (Å²) in [4.78, 5) is 16.5. The van der Waals surface area contributed by atoms with Crippen molar-refractivity contribution in [3.8, 4) is 11.3 Å². The van der Waals surface area contributed by atoms with E-state index < -0.39 is 12.0 Å². The molecule has 0 radical (unpaired) electrons. The molecule has 0 saturated heterocycles. The van der Waals surface area contributed by atoms with Gasteiger partial charge in [0.1, 0.15) is 17.1 Å². The van der Waals surface area contributed by atoms with E-state index in [1.807, 2.05) is 22.9 Å². The van der Waals surface area contributed by atoms with E-state index in [0.717, 1.165) is 28.6 Å². The summed E-state index contributed by atoms with van der Waals surface area (Å²) >= 11 is 1.57. The lowest BCUT2D eigenvalue weighted by atomic mass is 10.1. The lowest BCUT2D eigenvalue weighted by molar-refractivity contribution is 0.100. The van der Waals surface area contributed by atoms with Gasteiger partial charge in [0.15, 0.2) is 0 Å². The van der Waals surface area contributed by atoms with Gasteiger partial charge in [0, 0.05) is 12.1 Å². The number of nitrogens with zero attached hydrogens (tertiary/aromatic N) is 3. The van der Waals surface area contributed by atoms with E-state index in [-0.39, 0.29) is 6.04 Å². The lowest BCUT2D eigenvalue weighted by Crippen LogP contribution is -2.30. The second kappa shape index (κ2) is 5.27. The summed E-state index contributed by atoms with van der Waals surface area (Å²) in [6.07, 6.45) is 1.23. The minimum absolute atomic E-state index is 0.0603. The average Bonchev–Trinajstić information content (AvgIpc) is 3.23. The number of rotatable bonds is 2. The van der Waals surface area contributed by atoms with Crippen LogP contribution in [0, 0.1) is 5.92 Å². The third kappa shape index (κ3) is 2.25. The van der Waals surface area contributed by atoms with Gasteiger partial charge in [-0.1, -0.05) is 6.07 Å². The van der Waals surface area contributed by atoms with Gasteiger partial charge in [0.25, 0.3) is 5.91 Å². The minimum Gasteiger partial charge on any atom is -0.391 e. The molecule has 2 aliphatic rings. The first-order chi connectivity index (χ1) is 12.1. The molecular weight excluding hydrogens is 338 g/mol. The SMILES string of the molecule is NC(=O)c1c(-c2ccc3scnc3c2)nn2c1N[C@@H]1C[C@@H](C[C@H]1O)C2. The Morgan fingerprint density at radius 3 is 3.12 bits per heavy atom. The van der Waals surface area contributed by atoms with Gasteiger partial charge >= 0.3 is 0 Å². The second-order valence-electron chi connectivity index (χ2n) is 6.81. The van der Waals surface area contributed by atoms with Crippen LogP contribution in [0.2, 0.25) is 0 Å². The molecule has 1 saturated carbocycles. The van der Waals surface area contributed by atoms with Crippen molar-refractivity contribution in [2.45, 2.75) is 31.5 Å². The van der Waals surface area contributed by atoms with E-state index in [1.165, 1.54) is 0 Å². The molecule has 0 unspecified atom stereocenters. The number of fused-ring (bicyclic) bond motifs is 4. The normalized spacial score (nSPS) is 24.8. The van der Waals surface area contributed by atoms with E-state index in [4.69, 9.17) is 5.73 Å². The van der Waals surface area contributed by atoms with E-state index >= 15 is 0 Å². The number of anilines is 1. The molecule has 4 N–H and O–H groups in total. The van der Waals surface area contributed by atoms with Gasteiger partial charge in [0.2, 0.25) is 0 Å². The standard InChI is InChI=1S/C17H17N5O2S/c18-16(24)14-15(9-1-2-13-11(5-9)19-7-25-13)21-22-6-8-3-10(12(23)4-8)20-17(14)22/h1-2,5,7-8,10,12,20,23H,3-4,6H2,(H2,18,24)/t8-,10+,12+/m0/s1. The number of aliphatic hydroxyl groups excluding tert-OH is 1. The maximum absolute atomic E-state index is 12.2.